The predicted molar refractivity (Wildman–Crippen MR) is 80.7 cm³/mol. The van der Waals surface area contributed by atoms with Crippen molar-refractivity contribution in [2.24, 2.45) is 0 Å². The van der Waals surface area contributed by atoms with Gasteiger partial charge in [-0.25, -0.2) is 4.39 Å². The Kier molecular flexibility index (Phi) is 4.42. The van der Waals surface area contributed by atoms with Gasteiger partial charge >= 0.3 is 0 Å². The van der Waals surface area contributed by atoms with E-state index < -0.39 is 11.9 Å². The van der Waals surface area contributed by atoms with Crippen molar-refractivity contribution in [1.29, 1.82) is 0 Å². The monoisotopic (exact) mass is 288 g/mol. The van der Waals surface area contributed by atoms with Crippen molar-refractivity contribution < 1.29 is 13.9 Å². The Morgan fingerprint density at radius 1 is 1.24 bits per heavy atom. The van der Waals surface area contributed by atoms with E-state index in [1.165, 1.54) is 12.1 Å². The Balaban J connectivity index is 2.06. The maximum absolute atomic E-state index is 13.5. The highest BCUT2D eigenvalue weighted by molar-refractivity contribution is 5.95. The lowest BCUT2D eigenvalue weighted by molar-refractivity contribution is -0.122. The molecule has 0 saturated heterocycles. The summed E-state index contributed by atoms with van der Waals surface area (Å²) in [6.45, 7) is 3.37. The van der Waals surface area contributed by atoms with Crippen LogP contribution in [-0.4, -0.2) is 12.0 Å². The summed E-state index contributed by atoms with van der Waals surface area (Å²) in [7, 11) is 0. The van der Waals surface area contributed by atoms with Gasteiger partial charge in [-0.15, -0.1) is 0 Å². The van der Waals surface area contributed by atoms with Crippen LogP contribution >= 0.6 is 0 Å². The van der Waals surface area contributed by atoms with Crippen molar-refractivity contribution in [3.8, 4) is 5.75 Å². The molecule has 1 unspecified atom stereocenters. The van der Waals surface area contributed by atoms with E-state index in [9.17, 15) is 9.18 Å². The van der Waals surface area contributed by atoms with Crippen LogP contribution in [-0.2, 0) is 4.79 Å². The van der Waals surface area contributed by atoms with Crippen LogP contribution in [0.3, 0.4) is 0 Å². The minimum atomic E-state index is -0.831. The number of nitrogen functional groups attached to an aromatic ring is 1. The van der Waals surface area contributed by atoms with Gasteiger partial charge in [-0.1, -0.05) is 18.2 Å². The number of para-hydroxylation sites is 1. The molecule has 1 atom stereocenters. The van der Waals surface area contributed by atoms with E-state index in [4.69, 9.17) is 10.5 Å². The fourth-order valence-corrected chi connectivity index (χ4v) is 1.81. The zero-order chi connectivity index (χ0) is 15.4. The Morgan fingerprint density at radius 3 is 2.67 bits per heavy atom. The highest BCUT2D eigenvalue weighted by Gasteiger charge is 2.17. The summed E-state index contributed by atoms with van der Waals surface area (Å²) in [5, 5.41) is 2.72. The lowest BCUT2D eigenvalue weighted by atomic mass is 10.1. The fraction of sp³-hybridized carbons (Fsp3) is 0.188. The first-order valence-corrected chi connectivity index (χ1v) is 6.56. The lowest BCUT2D eigenvalue weighted by Crippen LogP contribution is -2.30. The van der Waals surface area contributed by atoms with Crippen LogP contribution in [0.1, 0.15) is 12.5 Å². The third-order valence-electron chi connectivity index (χ3n) is 3.14. The molecule has 110 valence electrons. The predicted octanol–water partition coefficient (Wildman–Crippen LogP) is 3.12. The molecule has 1 amide bonds. The van der Waals surface area contributed by atoms with Gasteiger partial charge in [0, 0.05) is 11.4 Å². The zero-order valence-electron chi connectivity index (χ0n) is 11.9. The highest BCUT2D eigenvalue weighted by atomic mass is 19.1. The van der Waals surface area contributed by atoms with Gasteiger partial charge in [-0.3, -0.25) is 4.79 Å². The third kappa shape index (κ3) is 3.51. The van der Waals surface area contributed by atoms with E-state index in [-0.39, 0.29) is 11.7 Å². The van der Waals surface area contributed by atoms with Crippen molar-refractivity contribution in [3.05, 3.63) is 53.8 Å². The van der Waals surface area contributed by atoms with Crippen molar-refractivity contribution in [3.63, 3.8) is 0 Å². The van der Waals surface area contributed by atoms with Crippen LogP contribution in [0.4, 0.5) is 15.8 Å². The number of nitrogens with one attached hydrogen (secondary N) is 1. The third-order valence-corrected chi connectivity index (χ3v) is 3.14. The Bertz CT molecular complexity index is 658. The second-order valence-corrected chi connectivity index (χ2v) is 4.70. The molecule has 2 aromatic carbocycles. The molecule has 4 nitrogen and oxygen atoms in total. The summed E-state index contributed by atoms with van der Waals surface area (Å²) >= 11 is 0. The van der Waals surface area contributed by atoms with E-state index in [0.29, 0.717) is 11.4 Å². The largest absolute Gasteiger partial charge is 0.478 e. The van der Waals surface area contributed by atoms with Gasteiger partial charge in [0.25, 0.3) is 5.91 Å². The molecule has 0 aromatic heterocycles. The van der Waals surface area contributed by atoms with Crippen molar-refractivity contribution in [2.45, 2.75) is 20.0 Å². The van der Waals surface area contributed by atoms with Crippen LogP contribution in [0.2, 0.25) is 0 Å². The van der Waals surface area contributed by atoms with Gasteiger partial charge in [0.05, 0.1) is 0 Å². The maximum atomic E-state index is 13.5. The molecule has 3 N–H and O–H groups in total. The van der Waals surface area contributed by atoms with Gasteiger partial charge < -0.3 is 15.8 Å². The molecule has 0 spiro atoms. The quantitative estimate of drug-likeness (QED) is 0.850. The van der Waals surface area contributed by atoms with E-state index in [1.54, 1.807) is 37.3 Å². The maximum Gasteiger partial charge on any atom is 0.265 e. The Hall–Kier alpha value is -2.56. The molecule has 0 saturated carbocycles. The second-order valence-electron chi connectivity index (χ2n) is 4.70. The SMILES string of the molecule is Cc1c(N)cccc1NC(=O)C(C)Oc1ccccc1F. The van der Waals surface area contributed by atoms with Crippen LogP contribution in [0.25, 0.3) is 0 Å². The van der Waals surface area contributed by atoms with Gasteiger partial charge in [0.15, 0.2) is 17.7 Å². The zero-order valence-corrected chi connectivity index (χ0v) is 11.9. The topological polar surface area (TPSA) is 64.3 Å². The molecule has 2 aromatic rings. The second kappa shape index (κ2) is 6.26. The first kappa shape index (κ1) is 14.8. The van der Waals surface area contributed by atoms with Gasteiger partial charge in [-0.2, -0.15) is 0 Å². The number of carbonyl (C=O) groups excluding carboxylic acids is 1. The van der Waals surface area contributed by atoms with Gasteiger partial charge in [0.2, 0.25) is 0 Å². The molecule has 21 heavy (non-hydrogen) atoms. The summed E-state index contributed by atoms with van der Waals surface area (Å²) < 4.78 is 18.8. The van der Waals surface area contributed by atoms with Crippen LogP contribution in [0.5, 0.6) is 5.75 Å². The first-order valence-electron chi connectivity index (χ1n) is 6.56. The van der Waals surface area contributed by atoms with Crippen molar-refractivity contribution >= 4 is 17.3 Å². The molecule has 0 aliphatic rings. The van der Waals surface area contributed by atoms with Crippen LogP contribution in [0, 0.1) is 12.7 Å². The highest BCUT2D eigenvalue weighted by Crippen LogP contribution is 2.21. The van der Waals surface area contributed by atoms with Crippen LogP contribution < -0.4 is 15.8 Å². The van der Waals surface area contributed by atoms with E-state index >= 15 is 0 Å². The molecule has 2 rings (SSSR count). The molecule has 0 radical (unpaired) electrons. The fourth-order valence-electron chi connectivity index (χ4n) is 1.81. The van der Waals surface area contributed by atoms with Crippen molar-refractivity contribution in [1.82, 2.24) is 0 Å². The lowest BCUT2D eigenvalue weighted by Gasteiger charge is -2.16. The number of hydrogen-bond acceptors (Lipinski definition) is 3. The summed E-state index contributed by atoms with van der Waals surface area (Å²) in [6.07, 6.45) is -0.831. The number of benzene rings is 2. The summed E-state index contributed by atoms with van der Waals surface area (Å²) in [5.74, 6) is -0.825. The molecule has 0 heterocycles. The average molecular weight is 288 g/mol. The normalized spacial score (nSPS) is 11.8. The Labute approximate surface area is 122 Å². The number of amides is 1. The number of anilines is 2. The molecule has 5 heteroatoms. The standard InChI is InChI=1S/C16H17FN2O2/c1-10-13(18)7-5-8-14(10)19-16(20)11(2)21-15-9-4-3-6-12(15)17/h3-9,11H,18H2,1-2H3,(H,19,20). The summed E-state index contributed by atoms with van der Waals surface area (Å²) in [6, 6.07) is 11.2. The van der Waals surface area contributed by atoms with Gasteiger partial charge in [-0.05, 0) is 43.7 Å². The smallest absolute Gasteiger partial charge is 0.265 e. The van der Waals surface area contributed by atoms with Crippen molar-refractivity contribution in [2.75, 3.05) is 11.1 Å². The number of nitrogens with two attached hydrogens (primary N) is 1. The van der Waals surface area contributed by atoms with Crippen LogP contribution in [0.15, 0.2) is 42.5 Å². The van der Waals surface area contributed by atoms with E-state index in [0.717, 1.165) is 5.56 Å². The minimum absolute atomic E-state index is 0.0458. The first-order chi connectivity index (χ1) is 9.99. The number of rotatable bonds is 4. The molecule has 0 fully saturated rings. The minimum Gasteiger partial charge on any atom is -0.478 e. The number of carbonyl (C=O) groups is 1. The molecular formula is C16H17FN2O2. The van der Waals surface area contributed by atoms with E-state index in [1.807, 2.05) is 6.92 Å². The summed E-state index contributed by atoms with van der Waals surface area (Å²) in [5.41, 5.74) is 7.77. The molecule has 0 bridgehead atoms. The molecular weight excluding hydrogens is 271 g/mol. The average Bonchev–Trinajstić information content (AvgIpc) is 2.46. The van der Waals surface area contributed by atoms with E-state index in [2.05, 4.69) is 5.32 Å². The molecule has 0 aliphatic carbocycles. The Morgan fingerprint density at radius 2 is 1.95 bits per heavy atom. The number of halogens is 1. The van der Waals surface area contributed by atoms with Gasteiger partial charge in [0.1, 0.15) is 0 Å². The number of hydrogen-bond donors (Lipinski definition) is 2. The summed E-state index contributed by atoms with van der Waals surface area (Å²) in [4.78, 5) is 12.1. The molecule has 0 aliphatic heterocycles. The number of ether oxygens (including phenoxy) is 1.